The summed E-state index contributed by atoms with van der Waals surface area (Å²) in [7, 11) is -3.74. The molecule has 1 aromatic carbocycles. The summed E-state index contributed by atoms with van der Waals surface area (Å²) < 4.78 is 17.1. The highest BCUT2D eigenvalue weighted by atomic mass is 31.2. The van der Waals surface area contributed by atoms with Gasteiger partial charge in [0.05, 0.1) is 11.4 Å². The topological polar surface area (TPSA) is 71.5 Å². The number of aromatic nitrogens is 1. The van der Waals surface area contributed by atoms with E-state index in [1.165, 1.54) is 0 Å². The van der Waals surface area contributed by atoms with Crippen LogP contribution >= 0.6 is 7.60 Å². The van der Waals surface area contributed by atoms with Crippen LogP contribution in [0.3, 0.4) is 0 Å². The summed E-state index contributed by atoms with van der Waals surface area (Å²) >= 11 is 0. The molecule has 0 saturated heterocycles. The molecule has 0 radical (unpaired) electrons. The van der Waals surface area contributed by atoms with Crippen LogP contribution in [0.1, 0.15) is 19.4 Å². The first-order valence-electron chi connectivity index (χ1n) is 6.72. The maximum atomic E-state index is 12.0. The predicted octanol–water partition coefficient (Wildman–Crippen LogP) is 2.93. The van der Waals surface area contributed by atoms with Gasteiger partial charge in [0.2, 0.25) is 0 Å². The fraction of sp³-hybridized carbons (Fsp3) is 0.267. The number of nitrogens with zero attached hydrogens (tertiary/aromatic N) is 1. The van der Waals surface area contributed by atoms with E-state index in [0.717, 1.165) is 11.3 Å². The zero-order valence-electron chi connectivity index (χ0n) is 12.1. The molecule has 0 saturated carbocycles. The van der Waals surface area contributed by atoms with Crippen LogP contribution in [0, 0.1) is 0 Å². The molecule has 112 valence electrons. The summed E-state index contributed by atoms with van der Waals surface area (Å²) in [5, 5.41) is 3.52. The molecule has 0 aliphatic carbocycles. The minimum Gasteiger partial charge on any atom is -0.381 e. The van der Waals surface area contributed by atoms with Crippen molar-refractivity contribution >= 4 is 18.6 Å². The van der Waals surface area contributed by atoms with Crippen LogP contribution in [0.25, 0.3) is 0 Å². The quantitative estimate of drug-likeness (QED) is 0.803. The van der Waals surface area contributed by atoms with Gasteiger partial charge < -0.3 is 14.7 Å². The molecule has 0 amide bonds. The van der Waals surface area contributed by atoms with E-state index in [9.17, 15) is 9.46 Å². The number of pyridine rings is 1. The molecule has 1 atom stereocenters. The fourth-order valence-electron chi connectivity index (χ4n) is 1.82. The minimum absolute atomic E-state index is 0.295. The van der Waals surface area contributed by atoms with Crippen LogP contribution in [0.5, 0.6) is 0 Å². The Kier molecular flexibility index (Phi) is 5.12. The molecule has 2 rings (SSSR count). The Labute approximate surface area is 124 Å². The number of benzene rings is 1. The van der Waals surface area contributed by atoms with Crippen molar-refractivity contribution in [3.8, 4) is 0 Å². The highest BCUT2D eigenvalue weighted by Crippen LogP contribution is 2.42. The molecule has 0 aliphatic rings. The van der Waals surface area contributed by atoms with Gasteiger partial charge in [0, 0.05) is 24.6 Å². The lowest BCUT2D eigenvalue weighted by Gasteiger charge is -2.15. The summed E-state index contributed by atoms with van der Waals surface area (Å²) in [6.45, 7) is 4.10. The van der Waals surface area contributed by atoms with E-state index >= 15 is 0 Å². The van der Waals surface area contributed by atoms with Crippen LogP contribution in [0.2, 0.25) is 0 Å². The molecule has 2 N–H and O–H groups in total. The van der Waals surface area contributed by atoms with Crippen molar-refractivity contribution in [1.29, 1.82) is 0 Å². The SMILES string of the molecule is CC(C)OP(=O)(O)c1ccc(NCc2cccnc2)cc1. The average molecular weight is 306 g/mol. The van der Waals surface area contributed by atoms with E-state index in [1.54, 1.807) is 50.5 Å². The van der Waals surface area contributed by atoms with E-state index < -0.39 is 7.60 Å². The van der Waals surface area contributed by atoms with Crippen molar-refractivity contribution in [1.82, 2.24) is 4.98 Å². The van der Waals surface area contributed by atoms with Gasteiger partial charge in [0.1, 0.15) is 0 Å². The third-order valence-electron chi connectivity index (χ3n) is 2.77. The Morgan fingerprint density at radius 1 is 1.29 bits per heavy atom. The molecule has 0 aliphatic heterocycles. The van der Waals surface area contributed by atoms with Crippen molar-refractivity contribution in [3.63, 3.8) is 0 Å². The molecule has 0 fully saturated rings. The highest BCUT2D eigenvalue weighted by Gasteiger charge is 2.23. The van der Waals surface area contributed by atoms with Gasteiger partial charge in [0.15, 0.2) is 0 Å². The first-order chi connectivity index (χ1) is 9.97. The molecule has 0 spiro atoms. The van der Waals surface area contributed by atoms with Crippen LogP contribution in [-0.4, -0.2) is 16.0 Å². The van der Waals surface area contributed by atoms with E-state index in [0.29, 0.717) is 11.8 Å². The Morgan fingerprint density at radius 3 is 2.57 bits per heavy atom. The summed E-state index contributed by atoms with van der Waals surface area (Å²) in [6, 6.07) is 10.6. The van der Waals surface area contributed by atoms with E-state index in [2.05, 4.69) is 10.3 Å². The first-order valence-corrected chi connectivity index (χ1v) is 8.30. The van der Waals surface area contributed by atoms with Gasteiger partial charge >= 0.3 is 7.60 Å². The summed E-state index contributed by atoms with van der Waals surface area (Å²) in [4.78, 5) is 13.9. The molecule has 21 heavy (non-hydrogen) atoms. The predicted molar refractivity (Wildman–Crippen MR) is 83.7 cm³/mol. The molecule has 6 heteroatoms. The van der Waals surface area contributed by atoms with Crippen molar-refractivity contribution in [2.24, 2.45) is 0 Å². The maximum absolute atomic E-state index is 12.0. The molecule has 0 bridgehead atoms. The van der Waals surface area contributed by atoms with E-state index in [4.69, 9.17) is 4.52 Å². The van der Waals surface area contributed by atoms with Gasteiger partial charge in [-0.1, -0.05) is 6.07 Å². The fourth-order valence-corrected chi connectivity index (χ4v) is 3.04. The van der Waals surface area contributed by atoms with Crippen LogP contribution in [-0.2, 0) is 15.6 Å². The largest absolute Gasteiger partial charge is 0.381 e. The molecular formula is C15H19N2O3P. The van der Waals surface area contributed by atoms with Crippen molar-refractivity contribution < 1.29 is 14.0 Å². The monoisotopic (exact) mass is 306 g/mol. The van der Waals surface area contributed by atoms with Gasteiger partial charge in [-0.05, 0) is 49.7 Å². The van der Waals surface area contributed by atoms with Crippen molar-refractivity contribution in [2.45, 2.75) is 26.5 Å². The zero-order chi connectivity index (χ0) is 15.3. The second kappa shape index (κ2) is 6.85. The highest BCUT2D eigenvalue weighted by molar-refractivity contribution is 7.61. The molecular weight excluding hydrogens is 287 g/mol. The minimum atomic E-state index is -3.74. The summed E-state index contributed by atoms with van der Waals surface area (Å²) in [5.74, 6) is 0. The number of anilines is 1. The smallest absolute Gasteiger partial charge is 0.359 e. The number of nitrogens with one attached hydrogen (secondary N) is 1. The van der Waals surface area contributed by atoms with Gasteiger partial charge in [-0.25, -0.2) is 0 Å². The summed E-state index contributed by atoms with van der Waals surface area (Å²) in [6.07, 6.45) is 3.22. The lowest BCUT2D eigenvalue weighted by atomic mass is 10.2. The Hall–Kier alpha value is -1.68. The lowest BCUT2D eigenvalue weighted by Crippen LogP contribution is -2.11. The Balaban J connectivity index is 2.00. The average Bonchev–Trinajstić information content (AvgIpc) is 2.45. The summed E-state index contributed by atoms with van der Waals surface area (Å²) in [5.41, 5.74) is 1.93. The van der Waals surface area contributed by atoms with Crippen molar-refractivity contribution in [3.05, 3.63) is 54.4 Å². The van der Waals surface area contributed by atoms with Crippen molar-refractivity contribution in [2.75, 3.05) is 5.32 Å². The van der Waals surface area contributed by atoms with Gasteiger partial charge in [-0.2, -0.15) is 0 Å². The van der Waals surface area contributed by atoms with Gasteiger partial charge in [-0.15, -0.1) is 0 Å². The van der Waals surface area contributed by atoms with Crippen LogP contribution in [0.15, 0.2) is 48.8 Å². The molecule has 1 unspecified atom stereocenters. The number of hydrogen-bond donors (Lipinski definition) is 2. The lowest BCUT2D eigenvalue weighted by molar-refractivity contribution is 0.212. The second-order valence-electron chi connectivity index (χ2n) is 4.94. The standard InChI is InChI=1S/C15H19N2O3P/c1-12(2)20-21(18,19)15-7-5-14(6-8-15)17-11-13-4-3-9-16-10-13/h3-10,12,17H,11H2,1-2H3,(H,18,19). The zero-order valence-corrected chi connectivity index (χ0v) is 13.0. The van der Waals surface area contributed by atoms with E-state index in [-0.39, 0.29) is 6.10 Å². The Morgan fingerprint density at radius 2 is 2.00 bits per heavy atom. The number of hydrogen-bond acceptors (Lipinski definition) is 4. The van der Waals surface area contributed by atoms with Crippen LogP contribution in [0.4, 0.5) is 5.69 Å². The molecule has 2 aromatic rings. The molecule has 5 nitrogen and oxygen atoms in total. The van der Waals surface area contributed by atoms with Gasteiger partial charge in [-0.3, -0.25) is 9.55 Å². The normalized spacial score (nSPS) is 13.9. The first kappa shape index (κ1) is 15.7. The number of rotatable bonds is 6. The third-order valence-corrected chi connectivity index (χ3v) is 4.42. The second-order valence-corrected chi connectivity index (χ2v) is 6.70. The Bertz CT molecular complexity index is 615. The molecule has 1 heterocycles. The van der Waals surface area contributed by atoms with Crippen LogP contribution < -0.4 is 10.6 Å². The molecule has 1 aromatic heterocycles. The van der Waals surface area contributed by atoms with Gasteiger partial charge in [0.25, 0.3) is 0 Å². The third kappa shape index (κ3) is 4.67. The maximum Gasteiger partial charge on any atom is 0.359 e. The van der Waals surface area contributed by atoms with E-state index in [1.807, 2.05) is 12.1 Å².